The lowest BCUT2D eigenvalue weighted by atomic mass is 9.96. The van der Waals surface area contributed by atoms with Gasteiger partial charge >= 0.3 is 0 Å². The average Bonchev–Trinajstić information content (AvgIpc) is 0.782. The van der Waals surface area contributed by atoms with Crippen molar-refractivity contribution in [3.05, 3.63) is 97.2 Å². The average molecular weight is 1430 g/mol. The Kier molecular flexibility index (Phi) is 56.3. The largest absolute Gasteiger partial charge is 0.394 e. The molecular weight excluding hydrogens is 1290 g/mol. The van der Waals surface area contributed by atoms with E-state index in [4.69, 9.17) is 28.4 Å². The normalized spacial score (nSPS) is 26.8. The zero-order valence-electron chi connectivity index (χ0n) is 62.4. The molecule has 3 rings (SSSR count). The molecule has 101 heavy (non-hydrogen) atoms. The fraction of sp³-hybridized carbons (Fsp3) is 0.793. The number of carbonyl (C=O) groups is 1. The summed E-state index contributed by atoms with van der Waals surface area (Å²) >= 11 is 0. The van der Waals surface area contributed by atoms with E-state index in [1.54, 1.807) is 6.08 Å². The Bertz CT molecular complexity index is 2200. The van der Waals surface area contributed by atoms with Gasteiger partial charge in [0.05, 0.1) is 38.6 Å². The minimum absolute atomic E-state index is 0.200. The highest BCUT2D eigenvalue weighted by atomic mass is 16.8. The molecule has 17 atom stereocenters. The van der Waals surface area contributed by atoms with Gasteiger partial charge in [0.25, 0.3) is 0 Å². The minimum atomic E-state index is -1.99. The molecule has 0 radical (unpaired) electrons. The maximum Gasteiger partial charge on any atom is 0.220 e. The van der Waals surface area contributed by atoms with Crippen molar-refractivity contribution in [1.82, 2.24) is 5.32 Å². The van der Waals surface area contributed by atoms with Crippen LogP contribution in [0.1, 0.15) is 284 Å². The molecule has 0 aliphatic carbocycles. The van der Waals surface area contributed by atoms with Crippen LogP contribution in [-0.2, 0) is 33.2 Å². The molecule has 1 amide bonds. The van der Waals surface area contributed by atoms with Crippen LogP contribution in [0.25, 0.3) is 0 Å². The molecule has 19 nitrogen and oxygen atoms in total. The molecule has 0 spiro atoms. The van der Waals surface area contributed by atoms with Crippen LogP contribution in [0.3, 0.4) is 0 Å². The molecule has 3 aliphatic heterocycles. The van der Waals surface area contributed by atoms with Crippen LogP contribution in [0.2, 0.25) is 0 Å². The Morgan fingerprint density at radius 1 is 0.366 bits per heavy atom. The van der Waals surface area contributed by atoms with Crippen LogP contribution < -0.4 is 5.32 Å². The van der Waals surface area contributed by atoms with Gasteiger partial charge in [-0.05, 0) is 83.5 Å². The summed E-state index contributed by atoms with van der Waals surface area (Å²) in [4.78, 5) is 13.4. The van der Waals surface area contributed by atoms with E-state index in [1.165, 1.54) is 167 Å². The predicted molar refractivity (Wildman–Crippen MR) is 401 cm³/mol. The number of unbranched alkanes of at least 4 members (excludes halogenated alkanes) is 32. The van der Waals surface area contributed by atoms with Crippen molar-refractivity contribution in [1.29, 1.82) is 0 Å². The number of nitrogens with one attached hydrogen (secondary N) is 1. The van der Waals surface area contributed by atoms with E-state index in [9.17, 15) is 61.0 Å². The Morgan fingerprint density at radius 3 is 1.11 bits per heavy atom. The van der Waals surface area contributed by atoms with Crippen LogP contribution in [-0.4, -0.2) is 193 Å². The molecule has 3 heterocycles. The first-order valence-electron chi connectivity index (χ1n) is 40.0. The van der Waals surface area contributed by atoms with E-state index >= 15 is 0 Å². The first-order chi connectivity index (χ1) is 49.3. The summed E-state index contributed by atoms with van der Waals surface area (Å²) in [7, 11) is 0. The third-order valence-electron chi connectivity index (χ3n) is 19.4. The number of aliphatic hydroxyl groups excluding tert-OH is 11. The lowest BCUT2D eigenvalue weighted by Crippen LogP contribution is -2.66. The van der Waals surface area contributed by atoms with Gasteiger partial charge < -0.3 is 89.9 Å². The topological polar surface area (TPSA) is 307 Å². The molecule has 19 heteroatoms. The van der Waals surface area contributed by atoms with Gasteiger partial charge in [-0.15, -0.1) is 0 Å². The Balaban J connectivity index is 1.39. The minimum Gasteiger partial charge on any atom is -0.394 e. The molecule has 584 valence electrons. The van der Waals surface area contributed by atoms with Crippen molar-refractivity contribution in [2.75, 3.05) is 26.4 Å². The van der Waals surface area contributed by atoms with Gasteiger partial charge in [-0.3, -0.25) is 4.79 Å². The van der Waals surface area contributed by atoms with Gasteiger partial charge in [0.15, 0.2) is 18.9 Å². The lowest BCUT2D eigenvalue weighted by Gasteiger charge is -2.48. The Hall–Kier alpha value is -3.29. The van der Waals surface area contributed by atoms with Crippen molar-refractivity contribution >= 4 is 5.91 Å². The number of amides is 1. The quantitative estimate of drug-likeness (QED) is 0.0199. The number of hydrogen-bond acceptors (Lipinski definition) is 18. The third-order valence-corrected chi connectivity index (χ3v) is 19.4. The molecule has 12 N–H and O–H groups in total. The van der Waals surface area contributed by atoms with Crippen molar-refractivity contribution < 1.29 is 89.4 Å². The zero-order valence-corrected chi connectivity index (χ0v) is 62.4. The molecule has 3 saturated heterocycles. The van der Waals surface area contributed by atoms with E-state index in [-0.39, 0.29) is 18.9 Å². The third kappa shape index (κ3) is 42.0. The molecule has 0 aromatic heterocycles. The summed E-state index contributed by atoms with van der Waals surface area (Å²) in [5, 5.41) is 121. The SMILES string of the molecule is CC/C=C\C/C=C\C/C=C\C/C=C\C/C=C\C/C=C\CCCCCCC(=O)NC(COC1OC(CO)C(OC2OC(CO)C(OC3OC(CO)C(O)C(O)C3O)C(O)C2O)C(O)C1O)C(O)/C=C/CC/C=C/CCCCCCCCCCCCCCCCCCCCCCCCCCCCC. The fourth-order valence-corrected chi connectivity index (χ4v) is 13.0. The molecule has 17 unspecified atom stereocenters. The van der Waals surface area contributed by atoms with E-state index in [0.29, 0.717) is 12.8 Å². The first-order valence-corrected chi connectivity index (χ1v) is 40.0. The predicted octanol–water partition coefficient (Wildman–Crippen LogP) is 13.2. The molecule has 0 bridgehead atoms. The van der Waals surface area contributed by atoms with Gasteiger partial charge in [-0.25, -0.2) is 0 Å². The first kappa shape index (κ1) is 91.9. The molecular formula is C82H143NO18. The highest BCUT2D eigenvalue weighted by Gasteiger charge is 2.54. The van der Waals surface area contributed by atoms with Crippen molar-refractivity contribution in [2.24, 2.45) is 0 Å². The standard InChI is InChI=1S/C82H143NO18/c1-3-5-7-9-11-13-15-17-19-21-23-25-27-28-29-30-31-32-33-34-35-36-38-39-41-43-45-47-49-51-53-55-57-59-66(87)65(83-70(88)60-58-56-54-52-50-48-46-44-42-40-37-26-24-22-20-18-16-14-12-10-8-6-4-2)64-96-80-76(94)73(91)78(68(62-85)98-80)101-82-77(95)74(92)79(69(63-86)99-82)100-81-75(93)72(90)71(89)67(61-84)97-81/h6,8,12,14,18,20,24,26,40,42,46,48-49,51,57,59,65-69,71-82,84-87,89-95H,3-5,7,9-11,13,15-17,19,21-23,25,27-39,41,43-45,47,50,52-56,58,60-64H2,1-2H3,(H,83,88)/b8-6-,14-12-,20-18-,26-24-,42-40-,48-46-,51-49+,59-57+. The lowest BCUT2D eigenvalue weighted by molar-refractivity contribution is -0.379. The van der Waals surface area contributed by atoms with E-state index in [1.807, 2.05) is 6.08 Å². The molecule has 3 aliphatic rings. The van der Waals surface area contributed by atoms with E-state index < -0.39 is 124 Å². The maximum atomic E-state index is 13.4. The molecule has 0 saturated carbocycles. The fourth-order valence-electron chi connectivity index (χ4n) is 13.0. The zero-order chi connectivity index (χ0) is 73.2. The van der Waals surface area contributed by atoms with Crippen LogP contribution in [0.4, 0.5) is 0 Å². The summed E-state index contributed by atoms with van der Waals surface area (Å²) in [5.74, 6) is -0.311. The van der Waals surface area contributed by atoms with Crippen LogP contribution in [0, 0.1) is 0 Å². The summed E-state index contributed by atoms with van der Waals surface area (Å²) in [6.07, 6.45) is 56.9. The van der Waals surface area contributed by atoms with Gasteiger partial charge in [-0.2, -0.15) is 0 Å². The number of hydrogen-bond donors (Lipinski definition) is 12. The van der Waals surface area contributed by atoms with Crippen LogP contribution in [0.15, 0.2) is 97.2 Å². The second-order valence-electron chi connectivity index (χ2n) is 28.1. The maximum absolute atomic E-state index is 13.4. The van der Waals surface area contributed by atoms with Gasteiger partial charge in [0.2, 0.25) is 5.91 Å². The van der Waals surface area contributed by atoms with E-state index in [0.717, 1.165) is 83.5 Å². The van der Waals surface area contributed by atoms with E-state index in [2.05, 4.69) is 104 Å². The van der Waals surface area contributed by atoms with Crippen LogP contribution >= 0.6 is 0 Å². The number of ether oxygens (including phenoxy) is 6. The monoisotopic (exact) mass is 1430 g/mol. The number of carbonyl (C=O) groups excluding carboxylic acids is 1. The van der Waals surface area contributed by atoms with Gasteiger partial charge in [0.1, 0.15) is 73.2 Å². The summed E-state index contributed by atoms with van der Waals surface area (Å²) in [6, 6.07) is -1.01. The highest BCUT2D eigenvalue weighted by Crippen LogP contribution is 2.33. The van der Waals surface area contributed by atoms with Crippen molar-refractivity contribution in [2.45, 2.75) is 388 Å². The van der Waals surface area contributed by atoms with Gasteiger partial charge in [0, 0.05) is 6.42 Å². The summed E-state index contributed by atoms with van der Waals surface area (Å²) in [6.45, 7) is 1.60. The summed E-state index contributed by atoms with van der Waals surface area (Å²) < 4.78 is 34.4. The number of aliphatic hydroxyl groups is 11. The molecule has 0 aromatic rings. The molecule has 0 aromatic carbocycles. The highest BCUT2D eigenvalue weighted by molar-refractivity contribution is 5.76. The smallest absolute Gasteiger partial charge is 0.220 e. The van der Waals surface area contributed by atoms with Crippen molar-refractivity contribution in [3.63, 3.8) is 0 Å². The number of rotatable bonds is 62. The number of allylic oxidation sites excluding steroid dienone is 15. The van der Waals surface area contributed by atoms with Crippen LogP contribution in [0.5, 0.6) is 0 Å². The second-order valence-corrected chi connectivity index (χ2v) is 28.1. The summed E-state index contributed by atoms with van der Waals surface area (Å²) in [5.41, 5.74) is 0. The molecule has 3 fully saturated rings. The van der Waals surface area contributed by atoms with Gasteiger partial charge in [-0.1, -0.05) is 291 Å². The Labute approximate surface area is 609 Å². The second kappa shape index (κ2) is 61.8. The Morgan fingerprint density at radius 2 is 0.693 bits per heavy atom. The van der Waals surface area contributed by atoms with Crippen molar-refractivity contribution in [3.8, 4) is 0 Å².